The van der Waals surface area contributed by atoms with Crippen molar-refractivity contribution < 1.29 is 9.53 Å². The number of nitrogens with zero attached hydrogens (tertiary/aromatic N) is 1. The second-order valence-electron chi connectivity index (χ2n) is 4.77. The first kappa shape index (κ1) is 22.1. The highest BCUT2D eigenvalue weighted by Gasteiger charge is 2.06. The fourth-order valence-corrected chi connectivity index (χ4v) is 2.21. The summed E-state index contributed by atoms with van der Waals surface area (Å²) in [4.78, 5) is 16.1. The van der Waals surface area contributed by atoms with Crippen molar-refractivity contribution in [2.45, 2.75) is 13.0 Å². The minimum Gasteiger partial charge on any atom is -0.383 e. The van der Waals surface area contributed by atoms with Crippen molar-refractivity contribution in [3.8, 4) is 0 Å². The fourth-order valence-electron chi connectivity index (χ4n) is 1.81. The molecule has 0 fully saturated rings. The average molecular weight is 499 g/mol. The molecule has 1 atom stereocenters. The number of ether oxygens (including phenoxy) is 1. The number of guanidine groups is 1. The van der Waals surface area contributed by atoms with Crippen LogP contribution >= 0.6 is 39.9 Å². The van der Waals surface area contributed by atoms with Gasteiger partial charge in [0.05, 0.1) is 6.61 Å². The molecule has 130 valence electrons. The van der Waals surface area contributed by atoms with Crippen LogP contribution in [0.1, 0.15) is 17.3 Å². The number of carbonyl (C=O) groups excluding carboxylic acids is 1. The van der Waals surface area contributed by atoms with Crippen molar-refractivity contribution in [3.63, 3.8) is 0 Å². The van der Waals surface area contributed by atoms with Gasteiger partial charge >= 0.3 is 0 Å². The molecular weight excluding hydrogens is 475 g/mol. The van der Waals surface area contributed by atoms with E-state index in [1.807, 2.05) is 19.1 Å². The molecule has 1 aromatic carbocycles. The van der Waals surface area contributed by atoms with Crippen molar-refractivity contribution in [1.29, 1.82) is 0 Å². The van der Waals surface area contributed by atoms with E-state index in [1.165, 1.54) is 0 Å². The molecule has 0 bridgehead atoms. The average Bonchev–Trinajstić information content (AvgIpc) is 2.50. The molecular formula is C15H24BrIN4O2. The Kier molecular flexibility index (Phi) is 12.1. The van der Waals surface area contributed by atoms with Crippen molar-refractivity contribution in [2.24, 2.45) is 4.99 Å². The van der Waals surface area contributed by atoms with Crippen molar-refractivity contribution in [1.82, 2.24) is 16.0 Å². The number of benzene rings is 1. The molecule has 0 radical (unpaired) electrons. The van der Waals surface area contributed by atoms with Crippen LogP contribution in [-0.4, -0.2) is 51.8 Å². The first-order chi connectivity index (χ1) is 10.6. The molecule has 1 unspecified atom stereocenters. The SMILES string of the molecule is CN=C(NCCNC(=O)c1cccc(Br)c1)NC(C)COC.I. The number of hydrogen-bond acceptors (Lipinski definition) is 3. The Morgan fingerprint density at radius 2 is 2.04 bits per heavy atom. The highest BCUT2D eigenvalue weighted by Crippen LogP contribution is 2.11. The monoisotopic (exact) mass is 498 g/mol. The zero-order chi connectivity index (χ0) is 16.4. The van der Waals surface area contributed by atoms with Crippen LogP contribution < -0.4 is 16.0 Å². The molecule has 0 aliphatic rings. The number of methoxy groups -OCH3 is 1. The number of hydrogen-bond donors (Lipinski definition) is 3. The van der Waals surface area contributed by atoms with Crippen molar-refractivity contribution in [3.05, 3.63) is 34.3 Å². The van der Waals surface area contributed by atoms with Crippen molar-refractivity contribution >= 4 is 51.8 Å². The lowest BCUT2D eigenvalue weighted by atomic mass is 10.2. The lowest BCUT2D eigenvalue weighted by molar-refractivity contribution is 0.0954. The third-order valence-corrected chi connectivity index (χ3v) is 3.31. The molecule has 0 spiro atoms. The van der Waals surface area contributed by atoms with E-state index in [1.54, 1.807) is 26.3 Å². The van der Waals surface area contributed by atoms with E-state index in [2.05, 4.69) is 36.9 Å². The van der Waals surface area contributed by atoms with Crippen molar-refractivity contribution in [2.75, 3.05) is 33.9 Å². The maximum atomic E-state index is 12.0. The maximum Gasteiger partial charge on any atom is 0.251 e. The van der Waals surface area contributed by atoms with Gasteiger partial charge in [0, 0.05) is 43.3 Å². The van der Waals surface area contributed by atoms with Gasteiger partial charge in [0.25, 0.3) is 5.91 Å². The minimum absolute atomic E-state index is 0. The summed E-state index contributed by atoms with van der Waals surface area (Å²) < 4.78 is 5.94. The fraction of sp³-hybridized carbons (Fsp3) is 0.467. The summed E-state index contributed by atoms with van der Waals surface area (Å²) >= 11 is 3.35. The molecule has 0 aliphatic heterocycles. The molecule has 0 heterocycles. The van der Waals surface area contributed by atoms with E-state index in [0.717, 1.165) is 4.47 Å². The summed E-state index contributed by atoms with van der Waals surface area (Å²) in [5, 5.41) is 9.18. The lowest BCUT2D eigenvalue weighted by Gasteiger charge is -2.17. The van der Waals surface area contributed by atoms with Crippen LogP contribution in [0.5, 0.6) is 0 Å². The first-order valence-corrected chi connectivity index (χ1v) is 7.86. The van der Waals surface area contributed by atoms with Crippen LogP contribution in [-0.2, 0) is 4.74 Å². The molecule has 1 rings (SSSR count). The maximum absolute atomic E-state index is 12.0. The summed E-state index contributed by atoms with van der Waals surface area (Å²) in [6, 6.07) is 7.44. The van der Waals surface area contributed by atoms with E-state index in [9.17, 15) is 4.79 Å². The zero-order valence-electron chi connectivity index (χ0n) is 13.6. The van der Waals surface area contributed by atoms with Gasteiger partial charge in [0.1, 0.15) is 0 Å². The highest BCUT2D eigenvalue weighted by molar-refractivity contribution is 14.0. The van der Waals surface area contributed by atoms with Gasteiger partial charge in [-0.1, -0.05) is 22.0 Å². The van der Waals surface area contributed by atoms with Gasteiger partial charge in [-0.05, 0) is 25.1 Å². The van der Waals surface area contributed by atoms with Crippen LogP contribution in [0.3, 0.4) is 0 Å². The summed E-state index contributed by atoms with van der Waals surface area (Å²) in [5.41, 5.74) is 0.630. The third-order valence-electron chi connectivity index (χ3n) is 2.81. The quantitative estimate of drug-likeness (QED) is 0.232. The summed E-state index contributed by atoms with van der Waals surface area (Å²) in [6.07, 6.45) is 0. The Balaban J connectivity index is 0.00000484. The molecule has 8 heteroatoms. The Morgan fingerprint density at radius 3 is 2.65 bits per heavy atom. The van der Waals surface area contributed by atoms with E-state index in [0.29, 0.717) is 31.2 Å². The van der Waals surface area contributed by atoms with Gasteiger partial charge < -0.3 is 20.7 Å². The van der Waals surface area contributed by atoms with E-state index >= 15 is 0 Å². The lowest BCUT2D eigenvalue weighted by Crippen LogP contribution is -2.46. The normalized spacial score (nSPS) is 12.1. The minimum atomic E-state index is -0.0983. The standard InChI is InChI=1S/C15H23BrN4O2.HI/c1-11(10-22-3)20-15(17-2)19-8-7-18-14(21)12-5-4-6-13(16)9-12;/h4-6,9,11H,7-8,10H2,1-3H3,(H,18,21)(H2,17,19,20);1H. The largest absolute Gasteiger partial charge is 0.383 e. The van der Waals surface area contributed by atoms with E-state index < -0.39 is 0 Å². The van der Waals surface area contributed by atoms with Crippen LogP contribution in [0.25, 0.3) is 0 Å². The van der Waals surface area contributed by atoms with Crippen LogP contribution in [0.2, 0.25) is 0 Å². The second kappa shape index (κ2) is 12.5. The van der Waals surface area contributed by atoms with Gasteiger partial charge in [0.15, 0.2) is 5.96 Å². The molecule has 3 N–H and O–H groups in total. The predicted molar refractivity (Wildman–Crippen MR) is 108 cm³/mol. The number of carbonyl (C=O) groups is 1. The number of halogens is 2. The van der Waals surface area contributed by atoms with Crippen LogP contribution in [0.4, 0.5) is 0 Å². The van der Waals surface area contributed by atoms with E-state index in [4.69, 9.17) is 4.74 Å². The van der Waals surface area contributed by atoms with Crippen LogP contribution in [0.15, 0.2) is 33.7 Å². The van der Waals surface area contributed by atoms with Crippen LogP contribution in [0, 0.1) is 0 Å². The molecule has 0 aliphatic carbocycles. The number of amides is 1. The summed E-state index contributed by atoms with van der Waals surface area (Å²) in [6.45, 7) is 3.69. The summed E-state index contributed by atoms with van der Waals surface area (Å²) in [5.74, 6) is 0.583. The molecule has 0 saturated heterocycles. The first-order valence-electron chi connectivity index (χ1n) is 7.06. The number of rotatable bonds is 7. The van der Waals surface area contributed by atoms with E-state index in [-0.39, 0.29) is 35.9 Å². The molecule has 1 aromatic rings. The van der Waals surface area contributed by atoms with Gasteiger partial charge in [-0.25, -0.2) is 0 Å². The molecule has 1 amide bonds. The smallest absolute Gasteiger partial charge is 0.251 e. The number of nitrogens with one attached hydrogen (secondary N) is 3. The predicted octanol–water partition coefficient (Wildman–Crippen LogP) is 2.00. The molecule has 23 heavy (non-hydrogen) atoms. The Morgan fingerprint density at radius 1 is 1.35 bits per heavy atom. The Labute approximate surface area is 163 Å². The summed E-state index contributed by atoms with van der Waals surface area (Å²) in [7, 11) is 3.36. The second-order valence-corrected chi connectivity index (χ2v) is 5.68. The highest BCUT2D eigenvalue weighted by atomic mass is 127. The Hall–Kier alpha value is -0.870. The zero-order valence-corrected chi connectivity index (χ0v) is 17.5. The number of aliphatic imine (C=N–C) groups is 1. The third kappa shape index (κ3) is 9.11. The van der Waals surface area contributed by atoms with Gasteiger partial charge in [0.2, 0.25) is 0 Å². The van der Waals surface area contributed by atoms with Gasteiger partial charge in [-0.3, -0.25) is 9.79 Å². The topological polar surface area (TPSA) is 74.8 Å². The molecule has 0 aromatic heterocycles. The molecule has 6 nitrogen and oxygen atoms in total. The van der Waals surface area contributed by atoms with Gasteiger partial charge in [-0.2, -0.15) is 0 Å². The Bertz CT molecular complexity index is 514. The van der Waals surface area contributed by atoms with Gasteiger partial charge in [-0.15, -0.1) is 24.0 Å². The molecule has 0 saturated carbocycles.